The van der Waals surface area contributed by atoms with Crippen LogP contribution in [0.2, 0.25) is 0 Å². The van der Waals surface area contributed by atoms with Gasteiger partial charge in [-0.15, -0.1) is 11.8 Å². The summed E-state index contributed by atoms with van der Waals surface area (Å²) in [6, 6.07) is 7.26. The maximum Gasteiger partial charge on any atom is 1.00 e. The van der Waals surface area contributed by atoms with Crippen molar-refractivity contribution in [2.75, 3.05) is 0 Å². The number of hydrogen-bond donors (Lipinski definition) is 1. The van der Waals surface area contributed by atoms with E-state index >= 15 is 0 Å². The predicted molar refractivity (Wildman–Crippen MR) is 87.6 cm³/mol. The van der Waals surface area contributed by atoms with Crippen LogP contribution in [0.3, 0.4) is 0 Å². The molecule has 3 rings (SSSR count). The molecular formula is C17H19KN2O4S. The molecule has 0 radical (unpaired) electrons. The van der Waals surface area contributed by atoms with Crippen molar-refractivity contribution in [1.82, 2.24) is 4.90 Å². The van der Waals surface area contributed by atoms with E-state index in [1.54, 1.807) is 38.1 Å². The Morgan fingerprint density at radius 3 is 2.48 bits per heavy atom. The molecular weight excluding hydrogens is 367 g/mol. The van der Waals surface area contributed by atoms with Gasteiger partial charge in [-0.25, -0.2) is 0 Å². The second-order valence-corrected chi connectivity index (χ2v) is 8.52. The summed E-state index contributed by atoms with van der Waals surface area (Å²) in [4.78, 5) is 37.5. The van der Waals surface area contributed by atoms with Gasteiger partial charge >= 0.3 is 51.4 Å². The number of benzene rings is 1. The number of rotatable bonds is 5. The zero-order valence-electron chi connectivity index (χ0n) is 14.5. The minimum Gasteiger partial charge on any atom is -0.548 e. The van der Waals surface area contributed by atoms with Crippen LogP contribution in [0.4, 0.5) is 0 Å². The Bertz CT molecular complexity index is 697. The molecule has 0 spiro atoms. The van der Waals surface area contributed by atoms with Gasteiger partial charge in [0.25, 0.3) is 0 Å². The fourth-order valence-electron chi connectivity index (χ4n) is 3.45. The van der Waals surface area contributed by atoms with Crippen molar-refractivity contribution in [2.24, 2.45) is 11.7 Å². The Labute approximate surface area is 193 Å². The second-order valence-electron chi connectivity index (χ2n) is 6.74. The fraction of sp³-hybridized carbons (Fsp3) is 0.471. The van der Waals surface area contributed by atoms with Crippen molar-refractivity contribution < 1.29 is 70.9 Å². The van der Waals surface area contributed by atoms with Gasteiger partial charge in [-0.1, -0.05) is 30.3 Å². The largest absolute Gasteiger partial charge is 1.00 e. The van der Waals surface area contributed by atoms with E-state index in [0.29, 0.717) is 5.56 Å². The number of fused-ring (bicyclic) bond motifs is 1. The number of nitrogens with two attached hydrogens (primary N) is 1. The number of hydrogen-bond acceptors (Lipinski definition) is 6. The van der Waals surface area contributed by atoms with E-state index in [1.807, 2.05) is 6.07 Å². The van der Waals surface area contributed by atoms with Crippen molar-refractivity contribution in [1.29, 1.82) is 0 Å². The number of Topliss-reactive ketones (excluding diaryl/α,β-unsaturated/α-hetero) is 1. The normalized spacial score (nSPS) is 27.7. The van der Waals surface area contributed by atoms with E-state index in [1.165, 1.54) is 16.7 Å². The quantitative estimate of drug-likeness (QED) is 0.430. The molecule has 2 heterocycles. The molecule has 0 bridgehead atoms. The Morgan fingerprint density at radius 1 is 1.32 bits per heavy atom. The summed E-state index contributed by atoms with van der Waals surface area (Å²) in [5.41, 5.74) is 6.70. The van der Waals surface area contributed by atoms with Gasteiger partial charge in [0.2, 0.25) is 5.91 Å². The summed E-state index contributed by atoms with van der Waals surface area (Å²) in [7, 11) is 0. The maximum absolute atomic E-state index is 12.4. The van der Waals surface area contributed by atoms with E-state index in [0.717, 1.165) is 0 Å². The molecule has 1 amide bonds. The average molecular weight is 387 g/mol. The molecule has 6 nitrogen and oxygen atoms in total. The Hall–Kier alpha value is -0.224. The molecule has 2 saturated heterocycles. The van der Waals surface area contributed by atoms with Crippen LogP contribution in [0.15, 0.2) is 30.3 Å². The number of carboxylic acid groups (broad SMARTS) is 1. The first kappa shape index (κ1) is 21.1. The molecule has 128 valence electrons. The summed E-state index contributed by atoms with van der Waals surface area (Å²) in [5.74, 6) is -2.29. The molecule has 2 aliphatic rings. The van der Waals surface area contributed by atoms with Crippen molar-refractivity contribution in [3.8, 4) is 0 Å². The molecule has 0 aliphatic carbocycles. The first-order valence-corrected chi connectivity index (χ1v) is 8.66. The van der Waals surface area contributed by atoms with Crippen molar-refractivity contribution in [3.63, 3.8) is 0 Å². The van der Waals surface area contributed by atoms with Gasteiger partial charge in [0.05, 0.1) is 29.3 Å². The average Bonchev–Trinajstić information content (AvgIpc) is 2.80. The third-order valence-corrected chi connectivity index (χ3v) is 6.33. The number of nitrogens with zero attached hydrogens (tertiary/aromatic N) is 1. The number of carboxylic acids is 1. The zero-order chi connectivity index (χ0) is 17.6. The number of carbonyl (C=O) groups excluding carboxylic acids is 3. The monoisotopic (exact) mass is 386 g/mol. The van der Waals surface area contributed by atoms with Crippen molar-refractivity contribution in [3.05, 3.63) is 35.9 Å². The molecule has 1 aromatic carbocycles. The van der Waals surface area contributed by atoms with Crippen LogP contribution in [0.5, 0.6) is 0 Å². The van der Waals surface area contributed by atoms with E-state index in [-0.39, 0.29) is 74.9 Å². The summed E-state index contributed by atoms with van der Waals surface area (Å²) in [6.45, 7) is 3.55. The fourth-order valence-corrected chi connectivity index (χ4v) is 5.13. The molecule has 1 aromatic rings. The Morgan fingerprint density at radius 2 is 1.92 bits per heavy atom. The SMILES string of the molecule is CC1(C)SC2C(CC(=O)C(N)c3ccccc3)C(=O)N2C1C(=O)[O-].[K+]. The summed E-state index contributed by atoms with van der Waals surface area (Å²) in [5, 5.41) is 11.1. The Kier molecular flexibility index (Phi) is 6.57. The van der Waals surface area contributed by atoms with Crippen LogP contribution >= 0.6 is 11.8 Å². The summed E-state index contributed by atoms with van der Waals surface area (Å²) < 4.78 is -0.640. The molecule has 2 aliphatic heterocycles. The van der Waals surface area contributed by atoms with Crippen molar-refractivity contribution in [2.45, 2.75) is 42.5 Å². The number of amides is 1. The molecule has 2 fully saturated rings. The number of carbonyl (C=O) groups is 3. The van der Waals surface area contributed by atoms with E-state index < -0.39 is 28.7 Å². The molecule has 0 aromatic heterocycles. The van der Waals surface area contributed by atoms with Gasteiger partial charge in [0.15, 0.2) is 5.78 Å². The van der Waals surface area contributed by atoms with Crippen molar-refractivity contribution >= 4 is 29.4 Å². The van der Waals surface area contributed by atoms with E-state index in [2.05, 4.69) is 0 Å². The standard InChI is InChI=1S/C17H20N2O4S.K/c1-17(2)13(16(22)23)19-14(21)10(15(19)24-17)8-11(20)12(18)9-6-4-3-5-7-9;/h3-7,10,12-13,15H,8,18H2,1-2H3,(H,22,23);/q;+1/p-1. The van der Waals surface area contributed by atoms with Gasteiger partial charge in [0, 0.05) is 11.2 Å². The number of ketones is 1. The van der Waals surface area contributed by atoms with Crippen LogP contribution in [0.1, 0.15) is 31.9 Å². The van der Waals surface area contributed by atoms with Gasteiger partial charge in [-0.2, -0.15) is 0 Å². The first-order valence-electron chi connectivity index (χ1n) is 7.78. The smallest absolute Gasteiger partial charge is 0.548 e. The maximum atomic E-state index is 12.4. The molecule has 2 N–H and O–H groups in total. The molecule has 4 unspecified atom stereocenters. The van der Waals surface area contributed by atoms with Crippen LogP contribution < -0.4 is 62.2 Å². The van der Waals surface area contributed by atoms with E-state index in [4.69, 9.17) is 5.73 Å². The summed E-state index contributed by atoms with van der Waals surface area (Å²) >= 11 is 1.41. The van der Waals surface area contributed by atoms with Gasteiger partial charge < -0.3 is 20.5 Å². The molecule has 0 saturated carbocycles. The third-order valence-electron chi connectivity index (χ3n) is 4.70. The minimum atomic E-state index is -1.26. The number of β-lactam (4-membered cyclic amide) rings is 1. The van der Waals surface area contributed by atoms with Crippen LogP contribution in [-0.4, -0.2) is 38.7 Å². The topological polar surface area (TPSA) is 104 Å². The zero-order valence-corrected chi connectivity index (χ0v) is 18.4. The van der Waals surface area contributed by atoms with Crippen LogP contribution in [-0.2, 0) is 14.4 Å². The van der Waals surface area contributed by atoms with Gasteiger partial charge in [0.1, 0.15) is 0 Å². The number of aliphatic carboxylic acids is 1. The van der Waals surface area contributed by atoms with Crippen LogP contribution in [0, 0.1) is 5.92 Å². The number of thioether (sulfide) groups is 1. The molecule has 8 heteroatoms. The predicted octanol–water partition coefficient (Wildman–Crippen LogP) is -2.92. The third kappa shape index (κ3) is 3.76. The molecule has 25 heavy (non-hydrogen) atoms. The van der Waals surface area contributed by atoms with Crippen LogP contribution in [0.25, 0.3) is 0 Å². The second kappa shape index (κ2) is 7.80. The van der Waals surface area contributed by atoms with Gasteiger partial charge in [-0.3, -0.25) is 9.59 Å². The van der Waals surface area contributed by atoms with Gasteiger partial charge in [-0.05, 0) is 19.4 Å². The summed E-state index contributed by atoms with van der Waals surface area (Å²) in [6.07, 6.45) is 0.0267. The minimum absolute atomic E-state index is 0. The Balaban J connectivity index is 0.00000225. The first-order chi connectivity index (χ1) is 11.2. The van der Waals surface area contributed by atoms with E-state index in [9.17, 15) is 19.5 Å². The molecule has 4 atom stereocenters.